The van der Waals surface area contributed by atoms with Crippen molar-refractivity contribution < 1.29 is 13.9 Å². The van der Waals surface area contributed by atoms with Crippen molar-refractivity contribution in [3.63, 3.8) is 0 Å². The van der Waals surface area contributed by atoms with Gasteiger partial charge in [-0.3, -0.25) is 9.78 Å². The number of amides is 1. The van der Waals surface area contributed by atoms with Gasteiger partial charge in [-0.1, -0.05) is 24.3 Å². The minimum Gasteiger partial charge on any atom is -0.453 e. The lowest BCUT2D eigenvalue weighted by Crippen LogP contribution is -2.25. The van der Waals surface area contributed by atoms with Crippen molar-refractivity contribution in [2.45, 2.75) is 18.9 Å². The number of hydrogen-bond acceptors (Lipinski definition) is 4. The quantitative estimate of drug-likeness (QED) is 0.458. The molecule has 2 aromatic carbocycles. The summed E-state index contributed by atoms with van der Waals surface area (Å²) in [4.78, 5) is 17.6. The van der Waals surface area contributed by atoms with Crippen LogP contribution in [0.4, 0.5) is 4.39 Å². The topological polar surface area (TPSA) is 51.2 Å². The lowest BCUT2D eigenvalue weighted by atomic mass is 10.1. The van der Waals surface area contributed by atoms with Gasteiger partial charge in [-0.15, -0.1) is 11.3 Å². The number of ether oxygens (including phenoxy) is 1. The highest BCUT2D eigenvalue weighted by molar-refractivity contribution is 7.22. The summed E-state index contributed by atoms with van der Waals surface area (Å²) in [5.74, 6) is 0.310. The average Bonchev–Trinajstić information content (AvgIpc) is 3.44. The third kappa shape index (κ3) is 3.71. The average molecular weight is 404 g/mol. The fourth-order valence-electron chi connectivity index (χ4n) is 3.07. The molecule has 0 saturated heterocycles. The Morgan fingerprint density at radius 3 is 2.62 bits per heavy atom. The predicted molar refractivity (Wildman–Crippen MR) is 112 cm³/mol. The van der Waals surface area contributed by atoms with E-state index in [1.807, 2.05) is 30.3 Å². The van der Waals surface area contributed by atoms with E-state index < -0.39 is 5.82 Å². The summed E-state index contributed by atoms with van der Waals surface area (Å²) in [5.41, 5.74) is 2.44. The fraction of sp³-hybridized carbons (Fsp3) is 0.130. The van der Waals surface area contributed by atoms with Crippen molar-refractivity contribution in [3.05, 3.63) is 78.2 Å². The van der Waals surface area contributed by atoms with Crippen LogP contribution in [0.5, 0.6) is 11.5 Å². The normalized spacial score (nSPS) is 13.4. The lowest BCUT2D eigenvalue weighted by molar-refractivity contribution is 0.0951. The number of para-hydroxylation sites is 1. The number of pyridine rings is 1. The van der Waals surface area contributed by atoms with Gasteiger partial charge in [0.05, 0.1) is 10.2 Å². The van der Waals surface area contributed by atoms with Crippen molar-refractivity contribution >= 4 is 27.5 Å². The summed E-state index contributed by atoms with van der Waals surface area (Å²) in [6.45, 7) is 0. The number of nitrogens with zero attached hydrogens (tertiary/aromatic N) is 1. The van der Waals surface area contributed by atoms with E-state index in [2.05, 4.69) is 10.3 Å². The van der Waals surface area contributed by atoms with Gasteiger partial charge < -0.3 is 10.1 Å². The highest BCUT2D eigenvalue weighted by Gasteiger charge is 2.23. The van der Waals surface area contributed by atoms with E-state index in [1.54, 1.807) is 30.5 Å². The van der Waals surface area contributed by atoms with Gasteiger partial charge in [-0.2, -0.15) is 0 Å². The summed E-state index contributed by atoms with van der Waals surface area (Å²) >= 11 is 1.53. The molecule has 0 aliphatic heterocycles. The molecule has 1 saturated carbocycles. The number of halogens is 1. The molecule has 6 heteroatoms. The molecule has 5 rings (SSSR count). The summed E-state index contributed by atoms with van der Waals surface area (Å²) in [7, 11) is 0. The van der Waals surface area contributed by atoms with Gasteiger partial charge in [0.1, 0.15) is 5.75 Å². The molecule has 0 unspecified atom stereocenters. The first kappa shape index (κ1) is 17.8. The van der Waals surface area contributed by atoms with Gasteiger partial charge in [0.2, 0.25) is 0 Å². The molecule has 1 amide bonds. The van der Waals surface area contributed by atoms with E-state index in [0.717, 1.165) is 33.5 Å². The number of hydrogen-bond donors (Lipinski definition) is 1. The molecule has 29 heavy (non-hydrogen) atoms. The predicted octanol–water partition coefficient (Wildman–Crippen LogP) is 5.79. The molecular formula is C23H17FN2O2S. The molecule has 2 heterocycles. The molecule has 4 nitrogen and oxygen atoms in total. The molecule has 1 N–H and O–H groups in total. The first-order valence-electron chi connectivity index (χ1n) is 9.39. The van der Waals surface area contributed by atoms with E-state index in [9.17, 15) is 9.18 Å². The number of aromatic nitrogens is 1. The molecule has 1 aliphatic rings. The van der Waals surface area contributed by atoms with Crippen LogP contribution in [0.2, 0.25) is 0 Å². The van der Waals surface area contributed by atoms with E-state index in [0.29, 0.717) is 17.4 Å². The van der Waals surface area contributed by atoms with Crippen LogP contribution in [0.25, 0.3) is 20.7 Å². The van der Waals surface area contributed by atoms with Gasteiger partial charge in [-0.25, -0.2) is 4.39 Å². The molecule has 0 spiro atoms. The highest BCUT2D eigenvalue weighted by atomic mass is 32.1. The maximum Gasteiger partial charge on any atom is 0.251 e. The van der Waals surface area contributed by atoms with Crippen molar-refractivity contribution in [2.75, 3.05) is 0 Å². The molecule has 0 atom stereocenters. The summed E-state index contributed by atoms with van der Waals surface area (Å²) in [6, 6.07) is 17.9. The standard InChI is InChI=1S/C23H17FN2O2S/c24-17-3-1-2-4-19(17)28-20-11-12-25-18-13-21(29-22(18)20)14-5-7-15(8-6-14)23(27)26-16-9-10-16/h1-8,11-13,16H,9-10H2,(H,26,27). The largest absolute Gasteiger partial charge is 0.453 e. The third-order valence-corrected chi connectivity index (χ3v) is 5.96. The Kier molecular flexibility index (Phi) is 4.48. The van der Waals surface area contributed by atoms with Crippen LogP contribution in [0.1, 0.15) is 23.2 Å². The van der Waals surface area contributed by atoms with Crippen LogP contribution in [0, 0.1) is 5.82 Å². The van der Waals surface area contributed by atoms with Gasteiger partial charge in [0, 0.05) is 28.7 Å². The van der Waals surface area contributed by atoms with Crippen molar-refractivity contribution in [2.24, 2.45) is 0 Å². The lowest BCUT2D eigenvalue weighted by Gasteiger charge is -2.06. The molecule has 4 aromatic rings. The Labute approximate surface area is 171 Å². The first-order valence-corrected chi connectivity index (χ1v) is 10.2. The molecule has 1 aliphatic carbocycles. The van der Waals surface area contributed by atoms with Crippen molar-refractivity contribution in [1.82, 2.24) is 10.3 Å². The Balaban J connectivity index is 1.44. The zero-order chi connectivity index (χ0) is 19.8. The van der Waals surface area contributed by atoms with Crippen LogP contribution in [0.3, 0.4) is 0 Å². The van der Waals surface area contributed by atoms with Gasteiger partial charge in [-0.05, 0) is 48.7 Å². The minimum absolute atomic E-state index is 0.0300. The monoisotopic (exact) mass is 404 g/mol. The maximum absolute atomic E-state index is 14.0. The zero-order valence-electron chi connectivity index (χ0n) is 15.4. The Morgan fingerprint density at radius 1 is 1.07 bits per heavy atom. The molecular weight excluding hydrogens is 387 g/mol. The molecule has 0 radical (unpaired) electrons. The van der Waals surface area contributed by atoms with Crippen LogP contribution >= 0.6 is 11.3 Å². The Hall–Kier alpha value is -3.25. The SMILES string of the molecule is O=C(NC1CC1)c1ccc(-c2cc3nccc(Oc4ccccc4F)c3s2)cc1. The number of rotatable bonds is 5. The number of carbonyl (C=O) groups is 1. The van der Waals surface area contributed by atoms with E-state index in [-0.39, 0.29) is 11.7 Å². The fourth-order valence-corrected chi connectivity index (χ4v) is 4.14. The van der Waals surface area contributed by atoms with E-state index >= 15 is 0 Å². The highest BCUT2D eigenvalue weighted by Crippen LogP contribution is 2.39. The van der Waals surface area contributed by atoms with Gasteiger partial charge in [0.15, 0.2) is 11.6 Å². The molecule has 1 fully saturated rings. The summed E-state index contributed by atoms with van der Waals surface area (Å²) in [6.07, 6.45) is 3.78. The van der Waals surface area contributed by atoms with Gasteiger partial charge >= 0.3 is 0 Å². The van der Waals surface area contributed by atoms with E-state index in [1.165, 1.54) is 17.4 Å². The summed E-state index contributed by atoms with van der Waals surface area (Å²) in [5, 5.41) is 2.99. The second kappa shape index (κ2) is 7.29. The Morgan fingerprint density at radius 2 is 1.86 bits per heavy atom. The van der Waals surface area contributed by atoms with Crippen molar-refractivity contribution in [1.29, 1.82) is 0 Å². The van der Waals surface area contributed by atoms with Crippen LogP contribution in [0.15, 0.2) is 66.9 Å². The second-order valence-electron chi connectivity index (χ2n) is 6.99. The molecule has 144 valence electrons. The van der Waals surface area contributed by atoms with Crippen molar-refractivity contribution in [3.8, 4) is 21.9 Å². The van der Waals surface area contributed by atoms with Crippen LogP contribution < -0.4 is 10.1 Å². The number of fused-ring (bicyclic) bond motifs is 1. The van der Waals surface area contributed by atoms with Crippen LogP contribution in [-0.2, 0) is 0 Å². The first-order chi connectivity index (χ1) is 14.2. The Bertz CT molecular complexity index is 1200. The summed E-state index contributed by atoms with van der Waals surface area (Å²) < 4.78 is 20.6. The second-order valence-corrected chi connectivity index (χ2v) is 8.04. The van der Waals surface area contributed by atoms with Gasteiger partial charge in [0.25, 0.3) is 5.91 Å². The van der Waals surface area contributed by atoms with Crippen LogP contribution in [-0.4, -0.2) is 16.9 Å². The smallest absolute Gasteiger partial charge is 0.251 e. The maximum atomic E-state index is 14.0. The zero-order valence-corrected chi connectivity index (χ0v) is 16.2. The molecule has 0 bridgehead atoms. The minimum atomic E-state index is -0.408. The van der Waals surface area contributed by atoms with E-state index in [4.69, 9.17) is 4.74 Å². The number of benzene rings is 2. The number of carbonyl (C=O) groups excluding carboxylic acids is 1. The number of thiophene rings is 1. The number of nitrogens with one attached hydrogen (secondary N) is 1. The third-order valence-electron chi connectivity index (χ3n) is 4.78. The molecule has 2 aromatic heterocycles.